The summed E-state index contributed by atoms with van der Waals surface area (Å²) in [6.45, 7) is 21.6. The number of aliphatic carboxylic acids is 1. The summed E-state index contributed by atoms with van der Waals surface area (Å²) in [6.07, 6.45) is 13.1. The minimum Gasteiger partial charge on any atom is -0.550 e. The number of hydrogen-bond acceptors (Lipinski definition) is 18. The van der Waals surface area contributed by atoms with E-state index in [1.54, 1.807) is 37.4 Å². The number of fused-ring (bicyclic) bond motifs is 4. The van der Waals surface area contributed by atoms with E-state index in [0.29, 0.717) is 48.8 Å². The van der Waals surface area contributed by atoms with Crippen molar-refractivity contribution in [2.45, 2.75) is 219 Å². The number of carbonyl (C=O) groups is 6. The molecule has 8 rings (SSSR count). The fourth-order valence-electron chi connectivity index (χ4n) is 12.1. The minimum atomic E-state index is -3.58. The maximum Gasteiger partial charge on any atom is 1.00 e. The quantitative estimate of drug-likeness (QED) is 0.0332. The van der Waals surface area contributed by atoms with Crippen LogP contribution in [0.1, 0.15) is 179 Å². The molecule has 4 bridgehead atoms. The first-order valence-corrected chi connectivity index (χ1v) is 32.6. The Morgan fingerprint density at radius 1 is 0.613 bits per heavy atom. The molecule has 511 valence electrons. The summed E-state index contributed by atoms with van der Waals surface area (Å²) in [5.41, 5.74) is 2.36. The van der Waals surface area contributed by atoms with Gasteiger partial charge in [-0.2, -0.15) is 8.42 Å². The summed E-state index contributed by atoms with van der Waals surface area (Å²) in [4.78, 5) is 76.9. The van der Waals surface area contributed by atoms with E-state index in [2.05, 4.69) is 99.5 Å². The summed E-state index contributed by atoms with van der Waals surface area (Å²) >= 11 is -0.750. The van der Waals surface area contributed by atoms with Gasteiger partial charge in [0.15, 0.2) is 0 Å². The molecule has 0 aliphatic carbocycles. The SMILES string of the molecule is C.C.CC(=O)OOC(C)=O.CC(=O)[O-].CC(C)(C)OC(=O)CC1CC2CCC(C1)N2.CN(C[C@@](C)(CC=O)c1ccccc1)S(=O)(=O)c1ccccc1.CN(C[C@@](C)(CCN1C2CCC1CC(CC(=O)OC(C)(C)C)C2)c1ccccc1)c1ccccc1.O=S=O.[B].[Na+]. The molecule has 4 heterocycles. The summed E-state index contributed by atoms with van der Waals surface area (Å²) in [6, 6.07) is 42.1. The summed E-state index contributed by atoms with van der Waals surface area (Å²) in [7, 11) is 0.180. The van der Waals surface area contributed by atoms with Crippen LogP contribution in [0.3, 0.4) is 0 Å². The fourth-order valence-corrected chi connectivity index (χ4v) is 13.4. The van der Waals surface area contributed by atoms with Gasteiger partial charge in [0.2, 0.25) is 10.0 Å². The number of ether oxygens (including phenoxy) is 2. The van der Waals surface area contributed by atoms with E-state index in [-0.39, 0.29) is 93.6 Å². The zero-order valence-corrected chi connectivity index (χ0v) is 59.7. The molecular weight excluding hydrogens is 1230 g/mol. The predicted molar refractivity (Wildman–Crippen MR) is 361 cm³/mol. The Balaban J connectivity index is 0. The average Bonchev–Trinajstić information content (AvgIpc) is 1.22. The Labute approximate surface area is 584 Å². The molecule has 0 spiro atoms. The molecular formula is C70H105BN4NaO15S2. The first kappa shape index (κ1) is 89.5. The van der Waals surface area contributed by atoms with Gasteiger partial charge < -0.3 is 34.4 Å². The number of benzene rings is 4. The van der Waals surface area contributed by atoms with E-state index in [1.165, 1.54) is 41.2 Å². The fraction of sp³-hybridized carbons (Fsp3) is 0.571. The minimum absolute atomic E-state index is 0. The number of para-hydroxylation sites is 1. The molecule has 3 radical (unpaired) electrons. The van der Waals surface area contributed by atoms with E-state index in [9.17, 15) is 32.4 Å². The normalized spacial score (nSPS) is 19.5. The van der Waals surface area contributed by atoms with Crippen LogP contribution in [-0.4, -0.2) is 140 Å². The summed E-state index contributed by atoms with van der Waals surface area (Å²) in [5, 5.41) is 12.5. The number of carboxylic acids is 1. The van der Waals surface area contributed by atoms with Crippen molar-refractivity contribution in [1.29, 1.82) is 0 Å². The first-order valence-electron chi connectivity index (χ1n) is 30.5. The first-order chi connectivity index (χ1) is 41.7. The molecule has 4 unspecified atom stereocenters. The van der Waals surface area contributed by atoms with Crippen molar-refractivity contribution < 1.29 is 99.5 Å². The van der Waals surface area contributed by atoms with E-state index in [1.807, 2.05) is 78.8 Å². The van der Waals surface area contributed by atoms with Gasteiger partial charge in [-0.15, -0.1) is 0 Å². The van der Waals surface area contributed by atoms with Crippen LogP contribution in [0.2, 0.25) is 0 Å². The number of nitrogens with one attached hydrogen (secondary N) is 1. The van der Waals surface area contributed by atoms with Gasteiger partial charge in [0.05, 0.1) is 4.90 Å². The van der Waals surface area contributed by atoms with Crippen LogP contribution in [0, 0.1) is 11.8 Å². The number of hydrogen-bond donors (Lipinski definition) is 1. The number of aldehydes is 1. The van der Waals surface area contributed by atoms with Gasteiger partial charge in [0.1, 0.15) is 17.5 Å². The Morgan fingerprint density at radius 3 is 1.35 bits per heavy atom. The number of likely N-dealkylation sites (N-methyl/N-ethyl adjacent to an activating group) is 2. The van der Waals surface area contributed by atoms with E-state index in [0.717, 1.165) is 77.8 Å². The number of nitrogens with zero attached hydrogens (tertiary/aromatic N) is 3. The molecule has 1 N–H and O–H groups in total. The second-order valence-electron chi connectivity index (χ2n) is 26.0. The molecule has 93 heavy (non-hydrogen) atoms. The van der Waals surface area contributed by atoms with Crippen molar-refractivity contribution in [2.75, 3.05) is 38.6 Å². The molecule has 4 aromatic carbocycles. The second-order valence-corrected chi connectivity index (χ2v) is 28.1. The van der Waals surface area contributed by atoms with Crippen molar-refractivity contribution in [1.82, 2.24) is 14.5 Å². The molecule has 4 aliphatic heterocycles. The van der Waals surface area contributed by atoms with Gasteiger partial charge in [-0.25, -0.2) is 32.1 Å². The van der Waals surface area contributed by atoms with Crippen LogP contribution in [-0.2, 0) is 80.4 Å². The molecule has 0 amide bonds. The summed E-state index contributed by atoms with van der Waals surface area (Å²) in [5.74, 6) is -1.42. The van der Waals surface area contributed by atoms with Crippen molar-refractivity contribution in [3.8, 4) is 0 Å². The number of carboxylic acid groups (broad SMARTS) is 1. The monoisotopic (exact) mass is 1340 g/mol. The van der Waals surface area contributed by atoms with Crippen LogP contribution < -0.4 is 44.9 Å². The van der Waals surface area contributed by atoms with Gasteiger partial charge in [-0.05, 0) is 160 Å². The molecule has 6 atom stereocenters. The molecule has 4 saturated heterocycles. The smallest absolute Gasteiger partial charge is 0.550 e. The zero-order valence-electron chi connectivity index (χ0n) is 56.1. The number of carbonyl (C=O) groups excluding carboxylic acids is 6. The van der Waals surface area contributed by atoms with E-state index >= 15 is 0 Å². The van der Waals surface area contributed by atoms with Crippen LogP contribution in [0.25, 0.3) is 0 Å². The number of sulfonamides is 1. The summed E-state index contributed by atoms with van der Waals surface area (Å²) < 4.78 is 54.3. The van der Waals surface area contributed by atoms with E-state index in [4.69, 9.17) is 27.8 Å². The molecule has 4 aromatic rings. The van der Waals surface area contributed by atoms with Gasteiger partial charge in [-0.3, -0.25) is 14.5 Å². The molecule has 23 heteroatoms. The molecule has 0 aromatic heterocycles. The molecule has 0 saturated carbocycles. The van der Waals surface area contributed by atoms with Gasteiger partial charge in [0.25, 0.3) is 0 Å². The number of rotatable bonds is 18. The van der Waals surface area contributed by atoms with Crippen LogP contribution in [0.5, 0.6) is 0 Å². The third-order valence-electron chi connectivity index (χ3n) is 15.8. The third kappa shape index (κ3) is 33.6. The zero-order chi connectivity index (χ0) is 66.6. The molecule has 4 fully saturated rings. The Bertz CT molecular complexity index is 2930. The Kier molecular flexibility index (Phi) is 41.8. The molecule has 19 nitrogen and oxygen atoms in total. The molecule has 4 aliphatic rings. The Hall–Kier alpha value is -5.59. The second kappa shape index (κ2) is 43.5. The van der Waals surface area contributed by atoms with Gasteiger partial charge >= 0.3 is 65.0 Å². The maximum atomic E-state index is 12.7. The van der Waals surface area contributed by atoms with Crippen LogP contribution in [0.4, 0.5) is 5.69 Å². The number of anilines is 1. The van der Waals surface area contributed by atoms with Gasteiger partial charge in [-0.1, -0.05) is 126 Å². The Morgan fingerprint density at radius 2 is 0.978 bits per heavy atom. The topological polar surface area (TPSA) is 252 Å². The van der Waals surface area contributed by atoms with Crippen molar-refractivity contribution in [2.24, 2.45) is 11.8 Å². The van der Waals surface area contributed by atoms with Crippen molar-refractivity contribution >= 4 is 71.8 Å². The van der Waals surface area contributed by atoms with Crippen LogP contribution >= 0.6 is 0 Å². The standard InChI is InChI=1S/C31H44N2O2.C18H21NO3S.C13H23NO2.C4H6O4.C2H4O2.2CH4.B.Na.O2S/c1-30(2,3)35-29(34)22-24-20-27-16-17-28(21-24)33(27)19-18-31(4,25-12-8-6-9-13-25)23-32(5)26-14-10-7-11-15-26;1-18(13-14-20,16-9-5-3-6-10-16)15-19(2)23(21,22)17-11-7-4-8-12-17;1-13(2,3)16-12(15)8-9-6-10-4-5-11(7-9)14-10;1-3(5)7-8-4(2)6;1-2(3)4;;;;;1-3-2/h6-15,24,27-28H,16-23H2,1-5H3;3-12,14H,13,15H2,1-2H3;9-11,14H,4-8H2,1-3H3;1-2H3;1H3,(H,3,4);2*1H4;;;/q;;;;;;;;+1;/p-1/t24?,27?,28?,31-;18-;;;;;;;;/m11......../s1. The third-order valence-corrected chi connectivity index (χ3v) is 17.6. The van der Waals surface area contributed by atoms with Crippen molar-refractivity contribution in [3.05, 3.63) is 132 Å². The average molecular weight is 1340 g/mol. The van der Waals surface area contributed by atoms with E-state index < -0.39 is 50.5 Å². The number of piperidine rings is 2. The number of esters is 2. The van der Waals surface area contributed by atoms with Crippen molar-refractivity contribution in [3.63, 3.8) is 0 Å². The maximum absolute atomic E-state index is 12.7. The predicted octanol–water partition coefficient (Wildman–Crippen LogP) is 7.56. The largest absolute Gasteiger partial charge is 1.00 e. The van der Waals surface area contributed by atoms with Gasteiger partial charge in [0, 0.05) is 115 Å². The van der Waals surface area contributed by atoms with Crippen LogP contribution in [0.15, 0.2) is 126 Å².